The summed E-state index contributed by atoms with van der Waals surface area (Å²) in [5, 5.41) is 2.54. The number of halogens is 3. The molecule has 0 fully saturated rings. The monoisotopic (exact) mass is 362 g/mol. The van der Waals surface area contributed by atoms with Crippen LogP contribution < -0.4 is 11.1 Å². The number of alkyl halides is 3. The lowest BCUT2D eigenvalue weighted by molar-refractivity contribution is -0.137. The fraction of sp³-hybridized carbons (Fsp3) is 0.263. The van der Waals surface area contributed by atoms with Crippen LogP contribution in [0.2, 0.25) is 0 Å². The number of amides is 1. The first-order valence-electron chi connectivity index (χ1n) is 8.13. The lowest BCUT2D eigenvalue weighted by Crippen LogP contribution is -2.29. The molecule has 2 aromatic carbocycles. The Bertz CT molecular complexity index is 845. The topological polar surface area (TPSA) is 72.2 Å². The van der Waals surface area contributed by atoms with Gasteiger partial charge >= 0.3 is 6.18 Å². The van der Waals surface area contributed by atoms with Gasteiger partial charge in [-0.2, -0.15) is 13.2 Å². The first kappa shape index (κ1) is 18.1. The Labute approximate surface area is 148 Å². The highest BCUT2D eigenvalue weighted by Crippen LogP contribution is 2.30. The second-order valence-electron chi connectivity index (χ2n) is 6.31. The molecule has 4 nitrogen and oxygen atoms in total. The number of carbonyl (C=O) groups excluding carboxylic acids is 2. The van der Waals surface area contributed by atoms with Gasteiger partial charge in [0, 0.05) is 17.3 Å². The summed E-state index contributed by atoms with van der Waals surface area (Å²) >= 11 is 0. The molecule has 1 atom stereocenters. The van der Waals surface area contributed by atoms with Gasteiger partial charge < -0.3 is 11.1 Å². The average Bonchev–Trinajstić information content (AvgIpc) is 2.60. The number of fused-ring (bicyclic) bond motifs is 1. The highest BCUT2D eigenvalue weighted by atomic mass is 19.4. The lowest BCUT2D eigenvalue weighted by Gasteiger charge is -2.23. The molecule has 3 rings (SSSR count). The molecule has 1 aliphatic rings. The molecule has 136 valence electrons. The highest BCUT2D eigenvalue weighted by Gasteiger charge is 2.30. The van der Waals surface area contributed by atoms with Gasteiger partial charge in [-0.25, -0.2) is 0 Å². The van der Waals surface area contributed by atoms with E-state index in [9.17, 15) is 22.8 Å². The van der Waals surface area contributed by atoms with Crippen molar-refractivity contribution in [3.05, 3.63) is 64.2 Å². The molecule has 0 saturated heterocycles. The standard InChI is InChI=1S/C19H17F3N2O2/c20-19(21,22)12-2-5-14(6-3-12)24-18(26)16-7-1-11-9-13(23)4-8-15(11)17(16)10-25/h1-3,5-7,10,13H,4,8-9,23H2,(H,24,26). The Morgan fingerprint density at radius 3 is 2.46 bits per heavy atom. The van der Waals surface area contributed by atoms with Crippen molar-refractivity contribution in [2.45, 2.75) is 31.5 Å². The van der Waals surface area contributed by atoms with Gasteiger partial charge in [0.15, 0.2) is 6.29 Å². The quantitative estimate of drug-likeness (QED) is 0.820. The van der Waals surface area contributed by atoms with E-state index in [1.165, 1.54) is 12.1 Å². The molecule has 0 saturated carbocycles. The van der Waals surface area contributed by atoms with Gasteiger partial charge in [-0.05, 0) is 60.7 Å². The number of carbonyl (C=O) groups is 2. The van der Waals surface area contributed by atoms with Gasteiger partial charge in [-0.1, -0.05) is 6.07 Å². The van der Waals surface area contributed by atoms with Crippen molar-refractivity contribution in [2.75, 3.05) is 5.32 Å². The van der Waals surface area contributed by atoms with Crippen LogP contribution in [0.25, 0.3) is 0 Å². The molecule has 26 heavy (non-hydrogen) atoms. The number of benzene rings is 2. The summed E-state index contributed by atoms with van der Waals surface area (Å²) in [4.78, 5) is 24.1. The Morgan fingerprint density at radius 2 is 1.85 bits per heavy atom. The number of nitrogens with one attached hydrogen (secondary N) is 1. The number of anilines is 1. The second-order valence-corrected chi connectivity index (χ2v) is 6.31. The van der Waals surface area contributed by atoms with Gasteiger partial charge in [-0.15, -0.1) is 0 Å². The molecule has 0 bridgehead atoms. The lowest BCUT2D eigenvalue weighted by atomic mass is 9.84. The van der Waals surface area contributed by atoms with Gasteiger partial charge in [0.1, 0.15) is 0 Å². The van der Waals surface area contributed by atoms with Crippen molar-refractivity contribution in [3.63, 3.8) is 0 Å². The Kier molecular flexibility index (Phi) is 4.82. The van der Waals surface area contributed by atoms with Crippen molar-refractivity contribution in [2.24, 2.45) is 5.73 Å². The van der Waals surface area contributed by atoms with Crippen LogP contribution in [0.15, 0.2) is 36.4 Å². The second kappa shape index (κ2) is 6.92. The predicted octanol–water partition coefficient (Wildman–Crippen LogP) is 3.59. The van der Waals surface area contributed by atoms with Crippen LogP contribution in [0.5, 0.6) is 0 Å². The van der Waals surface area contributed by atoms with Crippen molar-refractivity contribution in [1.29, 1.82) is 0 Å². The van der Waals surface area contributed by atoms with Gasteiger partial charge in [0.2, 0.25) is 0 Å². The molecule has 0 heterocycles. The predicted molar refractivity (Wildman–Crippen MR) is 91.2 cm³/mol. The maximum absolute atomic E-state index is 12.6. The van der Waals surface area contributed by atoms with E-state index in [1.54, 1.807) is 12.1 Å². The van der Waals surface area contributed by atoms with Crippen molar-refractivity contribution >= 4 is 17.9 Å². The zero-order chi connectivity index (χ0) is 18.9. The van der Waals surface area contributed by atoms with Crippen molar-refractivity contribution in [3.8, 4) is 0 Å². The first-order valence-corrected chi connectivity index (χ1v) is 8.13. The van der Waals surface area contributed by atoms with E-state index in [1.807, 2.05) is 0 Å². The summed E-state index contributed by atoms with van der Waals surface area (Å²) in [5.74, 6) is -0.537. The minimum absolute atomic E-state index is 0.0359. The molecule has 1 amide bonds. The summed E-state index contributed by atoms with van der Waals surface area (Å²) in [6.07, 6.45) is -1.79. The summed E-state index contributed by atoms with van der Waals surface area (Å²) < 4.78 is 37.8. The molecule has 7 heteroatoms. The Hall–Kier alpha value is -2.67. The maximum Gasteiger partial charge on any atom is 0.416 e. The largest absolute Gasteiger partial charge is 0.416 e. The third-order valence-electron chi connectivity index (χ3n) is 4.53. The molecule has 0 aliphatic heterocycles. The highest BCUT2D eigenvalue weighted by molar-refractivity contribution is 6.09. The van der Waals surface area contributed by atoms with Crippen LogP contribution in [0.1, 0.15) is 43.8 Å². The van der Waals surface area contributed by atoms with E-state index >= 15 is 0 Å². The van der Waals surface area contributed by atoms with E-state index in [-0.39, 0.29) is 17.3 Å². The molecule has 1 aliphatic carbocycles. The molecular formula is C19H17F3N2O2. The van der Waals surface area contributed by atoms with E-state index in [0.717, 1.165) is 29.7 Å². The number of rotatable bonds is 3. The molecular weight excluding hydrogens is 345 g/mol. The minimum atomic E-state index is -4.44. The van der Waals surface area contributed by atoms with Crippen LogP contribution in [-0.2, 0) is 19.0 Å². The number of nitrogens with two attached hydrogens (primary N) is 1. The fourth-order valence-electron chi connectivity index (χ4n) is 3.18. The molecule has 0 aromatic heterocycles. The van der Waals surface area contributed by atoms with Crippen LogP contribution in [0.4, 0.5) is 18.9 Å². The zero-order valence-corrected chi connectivity index (χ0v) is 13.8. The molecule has 2 aromatic rings. The first-order chi connectivity index (χ1) is 12.3. The van der Waals surface area contributed by atoms with Crippen molar-refractivity contribution < 1.29 is 22.8 Å². The summed E-state index contributed by atoms with van der Waals surface area (Å²) in [7, 11) is 0. The minimum Gasteiger partial charge on any atom is -0.327 e. The number of hydrogen-bond acceptors (Lipinski definition) is 3. The van der Waals surface area contributed by atoms with Crippen molar-refractivity contribution in [1.82, 2.24) is 0 Å². The average molecular weight is 362 g/mol. The van der Waals surface area contributed by atoms with Gasteiger partial charge in [0.05, 0.1) is 11.1 Å². The van der Waals surface area contributed by atoms with Crippen LogP contribution in [-0.4, -0.2) is 18.2 Å². The van der Waals surface area contributed by atoms with Crippen LogP contribution in [0, 0.1) is 0 Å². The molecule has 0 radical (unpaired) electrons. The fourth-order valence-corrected chi connectivity index (χ4v) is 3.18. The summed E-state index contributed by atoms with van der Waals surface area (Å²) in [6.45, 7) is 0. The molecule has 0 spiro atoms. The molecule has 1 unspecified atom stereocenters. The van der Waals surface area contributed by atoms with Crippen LogP contribution >= 0.6 is 0 Å². The SMILES string of the molecule is NC1CCc2c(ccc(C(=O)Nc3ccc(C(F)(F)F)cc3)c2C=O)C1. The van der Waals surface area contributed by atoms with E-state index < -0.39 is 17.6 Å². The van der Waals surface area contributed by atoms with E-state index in [4.69, 9.17) is 5.73 Å². The summed E-state index contributed by atoms with van der Waals surface area (Å²) in [6, 6.07) is 7.52. The van der Waals surface area contributed by atoms with Crippen LogP contribution in [0.3, 0.4) is 0 Å². The number of aldehydes is 1. The Morgan fingerprint density at radius 1 is 1.15 bits per heavy atom. The number of hydrogen-bond donors (Lipinski definition) is 2. The Balaban J connectivity index is 1.85. The molecule has 3 N–H and O–H groups in total. The van der Waals surface area contributed by atoms with Gasteiger partial charge in [-0.3, -0.25) is 9.59 Å². The summed E-state index contributed by atoms with van der Waals surface area (Å²) in [5.41, 5.74) is 7.66. The smallest absolute Gasteiger partial charge is 0.327 e. The van der Waals surface area contributed by atoms with Gasteiger partial charge in [0.25, 0.3) is 5.91 Å². The third-order valence-corrected chi connectivity index (χ3v) is 4.53. The third kappa shape index (κ3) is 3.62. The maximum atomic E-state index is 12.6. The van der Waals surface area contributed by atoms with E-state index in [2.05, 4.69) is 5.32 Å². The normalized spacial score (nSPS) is 16.7. The van der Waals surface area contributed by atoms with E-state index in [0.29, 0.717) is 24.7 Å². The zero-order valence-electron chi connectivity index (χ0n) is 13.8.